The largest absolute Gasteiger partial charge is 0.342 e. The fourth-order valence-electron chi connectivity index (χ4n) is 3.09. The maximum absolute atomic E-state index is 12.5. The molecule has 1 fully saturated rings. The quantitative estimate of drug-likeness (QED) is 0.821. The lowest BCUT2D eigenvalue weighted by molar-refractivity contribution is -0.143. The minimum atomic E-state index is -0.141. The molecule has 116 valence electrons. The smallest absolute Gasteiger partial charge is 0.242 e. The van der Waals surface area contributed by atoms with Gasteiger partial charge in [-0.15, -0.1) is 0 Å². The first-order chi connectivity index (χ1) is 9.42. The molecule has 0 bridgehead atoms. The molecule has 0 radical (unpaired) electrons. The summed E-state index contributed by atoms with van der Waals surface area (Å²) in [6.07, 6.45) is 3.04. The number of carbonyl (C=O) groups excluding carboxylic acids is 2. The molecular formula is C15H29N3O2. The molecule has 0 saturated heterocycles. The van der Waals surface area contributed by atoms with Crippen LogP contribution >= 0.6 is 0 Å². The van der Waals surface area contributed by atoms with Crippen molar-refractivity contribution in [1.82, 2.24) is 9.80 Å². The van der Waals surface area contributed by atoms with E-state index in [9.17, 15) is 9.59 Å². The van der Waals surface area contributed by atoms with Crippen LogP contribution in [0.15, 0.2) is 0 Å². The van der Waals surface area contributed by atoms with Gasteiger partial charge in [0.15, 0.2) is 0 Å². The first kappa shape index (κ1) is 17.0. The van der Waals surface area contributed by atoms with Gasteiger partial charge < -0.3 is 15.5 Å². The van der Waals surface area contributed by atoms with Gasteiger partial charge in [0.1, 0.15) is 0 Å². The molecule has 1 rings (SSSR count). The number of nitrogens with zero attached hydrogens (tertiary/aromatic N) is 2. The van der Waals surface area contributed by atoms with Crippen LogP contribution in [0.3, 0.4) is 0 Å². The van der Waals surface area contributed by atoms with Crippen LogP contribution in [0.2, 0.25) is 0 Å². The Bertz CT molecular complexity index is 332. The molecule has 0 aliphatic heterocycles. The molecule has 0 aromatic heterocycles. The number of amides is 2. The zero-order chi connectivity index (χ0) is 15.3. The molecular weight excluding hydrogens is 254 g/mol. The number of carbonyl (C=O) groups is 2. The normalized spacial score (nSPS) is 26.1. The van der Waals surface area contributed by atoms with Crippen molar-refractivity contribution >= 4 is 11.8 Å². The Hall–Kier alpha value is -1.10. The highest BCUT2D eigenvalue weighted by molar-refractivity contribution is 5.86. The number of rotatable bonds is 5. The van der Waals surface area contributed by atoms with E-state index < -0.39 is 0 Å². The minimum Gasteiger partial charge on any atom is -0.342 e. The molecule has 0 aromatic rings. The van der Waals surface area contributed by atoms with Crippen LogP contribution in [0.4, 0.5) is 0 Å². The zero-order valence-corrected chi connectivity index (χ0v) is 13.3. The number of hydrogen-bond acceptors (Lipinski definition) is 3. The first-order valence-corrected chi connectivity index (χ1v) is 7.70. The van der Waals surface area contributed by atoms with Crippen LogP contribution in [-0.4, -0.2) is 54.3 Å². The molecule has 5 heteroatoms. The summed E-state index contributed by atoms with van der Waals surface area (Å²) in [7, 11) is 1.71. The van der Waals surface area contributed by atoms with Gasteiger partial charge in [-0.05, 0) is 32.6 Å². The summed E-state index contributed by atoms with van der Waals surface area (Å²) in [6.45, 7) is 7.48. The standard InChI is InChI=1S/C15H29N3O2/c1-5-18(6-2)13(19)10-17(4)15(20)14-11(3)8-7-9-12(14)16/h11-12,14H,5-10,16H2,1-4H3. The zero-order valence-electron chi connectivity index (χ0n) is 13.3. The predicted molar refractivity (Wildman–Crippen MR) is 80.0 cm³/mol. The van der Waals surface area contributed by atoms with Crippen LogP contribution in [0.5, 0.6) is 0 Å². The summed E-state index contributed by atoms with van der Waals surface area (Å²) in [6, 6.07) is -0.0720. The first-order valence-electron chi connectivity index (χ1n) is 7.70. The van der Waals surface area contributed by atoms with E-state index in [1.54, 1.807) is 16.8 Å². The molecule has 2 N–H and O–H groups in total. The van der Waals surface area contributed by atoms with Crippen molar-refractivity contribution in [2.75, 3.05) is 26.7 Å². The Morgan fingerprint density at radius 2 is 1.80 bits per heavy atom. The van der Waals surface area contributed by atoms with Gasteiger partial charge in [-0.2, -0.15) is 0 Å². The second-order valence-electron chi connectivity index (χ2n) is 5.86. The maximum atomic E-state index is 12.5. The van der Waals surface area contributed by atoms with Crippen molar-refractivity contribution in [3.05, 3.63) is 0 Å². The number of hydrogen-bond donors (Lipinski definition) is 1. The molecule has 3 atom stereocenters. The summed E-state index contributed by atoms with van der Waals surface area (Å²) in [5.74, 6) is 0.184. The van der Waals surface area contributed by atoms with Crippen molar-refractivity contribution in [1.29, 1.82) is 0 Å². The molecule has 2 amide bonds. The van der Waals surface area contributed by atoms with E-state index in [0.29, 0.717) is 19.0 Å². The molecule has 0 aromatic carbocycles. The lowest BCUT2D eigenvalue weighted by Gasteiger charge is -2.36. The summed E-state index contributed by atoms with van der Waals surface area (Å²) in [4.78, 5) is 27.9. The van der Waals surface area contributed by atoms with E-state index >= 15 is 0 Å². The van der Waals surface area contributed by atoms with Gasteiger partial charge in [0.05, 0.1) is 12.5 Å². The Morgan fingerprint density at radius 3 is 2.30 bits per heavy atom. The number of nitrogens with two attached hydrogens (primary N) is 1. The molecule has 0 heterocycles. The third-order valence-electron chi connectivity index (χ3n) is 4.42. The third kappa shape index (κ3) is 3.95. The van der Waals surface area contributed by atoms with Crippen LogP contribution in [0.25, 0.3) is 0 Å². The second kappa shape index (κ2) is 7.62. The lowest BCUT2D eigenvalue weighted by atomic mass is 9.76. The van der Waals surface area contributed by atoms with Gasteiger partial charge in [0, 0.05) is 26.2 Å². The van der Waals surface area contributed by atoms with Gasteiger partial charge in [0.2, 0.25) is 11.8 Å². The summed E-state index contributed by atoms with van der Waals surface area (Å²) in [5.41, 5.74) is 6.11. The Morgan fingerprint density at radius 1 is 1.20 bits per heavy atom. The molecule has 1 aliphatic rings. The molecule has 20 heavy (non-hydrogen) atoms. The van der Waals surface area contributed by atoms with E-state index in [-0.39, 0.29) is 30.3 Å². The SMILES string of the molecule is CCN(CC)C(=O)CN(C)C(=O)C1C(C)CCCC1N. The second-order valence-corrected chi connectivity index (χ2v) is 5.86. The lowest BCUT2D eigenvalue weighted by Crippen LogP contribution is -2.50. The van der Waals surface area contributed by atoms with Crippen molar-refractivity contribution in [2.45, 2.75) is 46.1 Å². The fourth-order valence-corrected chi connectivity index (χ4v) is 3.09. The van der Waals surface area contributed by atoms with E-state index in [0.717, 1.165) is 19.3 Å². The van der Waals surface area contributed by atoms with Crippen molar-refractivity contribution < 1.29 is 9.59 Å². The van der Waals surface area contributed by atoms with Gasteiger partial charge in [-0.1, -0.05) is 13.3 Å². The maximum Gasteiger partial charge on any atom is 0.242 e. The third-order valence-corrected chi connectivity index (χ3v) is 4.42. The molecule has 1 saturated carbocycles. The molecule has 3 unspecified atom stereocenters. The average Bonchev–Trinajstić information content (AvgIpc) is 2.39. The monoisotopic (exact) mass is 283 g/mol. The van der Waals surface area contributed by atoms with Crippen molar-refractivity contribution in [2.24, 2.45) is 17.6 Å². The topological polar surface area (TPSA) is 66.6 Å². The van der Waals surface area contributed by atoms with Crippen molar-refractivity contribution in [3.63, 3.8) is 0 Å². The molecule has 0 spiro atoms. The molecule has 5 nitrogen and oxygen atoms in total. The molecule has 1 aliphatic carbocycles. The highest BCUT2D eigenvalue weighted by Crippen LogP contribution is 2.30. The summed E-state index contributed by atoms with van der Waals surface area (Å²) in [5, 5.41) is 0. The van der Waals surface area contributed by atoms with Crippen molar-refractivity contribution in [3.8, 4) is 0 Å². The van der Waals surface area contributed by atoms with Gasteiger partial charge in [-0.3, -0.25) is 9.59 Å². The van der Waals surface area contributed by atoms with Gasteiger partial charge in [-0.25, -0.2) is 0 Å². The number of likely N-dealkylation sites (N-methyl/N-ethyl adjacent to an activating group) is 2. The Kier molecular flexibility index (Phi) is 6.46. The van der Waals surface area contributed by atoms with Crippen LogP contribution < -0.4 is 5.73 Å². The highest BCUT2D eigenvalue weighted by Gasteiger charge is 2.36. The Balaban J connectivity index is 2.64. The Labute approximate surface area is 122 Å². The average molecular weight is 283 g/mol. The van der Waals surface area contributed by atoms with E-state index in [1.165, 1.54) is 0 Å². The summed E-state index contributed by atoms with van der Waals surface area (Å²) >= 11 is 0. The van der Waals surface area contributed by atoms with Gasteiger partial charge >= 0.3 is 0 Å². The van der Waals surface area contributed by atoms with E-state index in [4.69, 9.17) is 5.73 Å². The van der Waals surface area contributed by atoms with Gasteiger partial charge in [0.25, 0.3) is 0 Å². The van der Waals surface area contributed by atoms with E-state index in [1.807, 2.05) is 13.8 Å². The predicted octanol–water partition coefficient (Wildman–Crippen LogP) is 1.08. The minimum absolute atomic E-state index is 0.00267. The van der Waals surface area contributed by atoms with Crippen LogP contribution in [0.1, 0.15) is 40.0 Å². The summed E-state index contributed by atoms with van der Waals surface area (Å²) < 4.78 is 0. The highest BCUT2D eigenvalue weighted by atomic mass is 16.2. The van der Waals surface area contributed by atoms with Crippen LogP contribution in [-0.2, 0) is 9.59 Å². The van der Waals surface area contributed by atoms with E-state index in [2.05, 4.69) is 6.92 Å². The van der Waals surface area contributed by atoms with Crippen LogP contribution in [0, 0.1) is 11.8 Å². The fraction of sp³-hybridized carbons (Fsp3) is 0.867.